The minimum atomic E-state index is -0.399. The molecule has 0 unspecified atom stereocenters. The van der Waals surface area contributed by atoms with Gasteiger partial charge in [-0.2, -0.15) is 0 Å². The number of rotatable bonds is 9. The lowest BCUT2D eigenvalue weighted by molar-refractivity contribution is -0.148. The number of nitrogens with one attached hydrogen (secondary N) is 2. The highest BCUT2D eigenvalue weighted by Crippen LogP contribution is 2.41. The summed E-state index contributed by atoms with van der Waals surface area (Å²) < 4.78 is 5.77. The molecule has 168 valence electrons. The van der Waals surface area contributed by atoms with Gasteiger partial charge in [-0.05, 0) is 62.8 Å². The first-order chi connectivity index (χ1) is 15.1. The van der Waals surface area contributed by atoms with Crippen LogP contribution in [0.2, 0.25) is 0 Å². The molecule has 4 rings (SSSR count). The van der Waals surface area contributed by atoms with Gasteiger partial charge in [-0.1, -0.05) is 6.07 Å². The first kappa shape index (κ1) is 22.4. The van der Waals surface area contributed by atoms with Crippen molar-refractivity contribution in [2.24, 2.45) is 0 Å². The number of hydrogen-bond acceptors (Lipinski definition) is 7. The predicted octanol–water partition coefficient (Wildman–Crippen LogP) is 3.07. The third-order valence-corrected chi connectivity index (χ3v) is 7.37. The van der Waals surface area contributed by atoms with E-state index in [1.54, 1.807) is 11.3 Å². The molecule has 1 amide bonds. The number of pyridine rings is 1. The maximum Gasteiger partial charge on any atom is 0.253 e. The van der Waals surface area contributed by atoms with Gasteiger partial charge in [0.2, 0.25) is 0 Å². The number of morpholine rings is 1. The zero-order valence-electron chi connectivity index (χ0n) is 18.3. The fraction of sp³-hybridized carbons (Fsp3) is 0.565. The van der Waals surface area contributed by atoms with Crippen molar-refractivity contribution in [3.8, 4) is 10.6 Å². The summed E-state index contributed by atoms with van der Waals surface area (Å²) in [4.78, 5) is 22.4. The Morgan fingerprint density at radius 1 is 1.48 bits per heavy atom. The number of carbonyl (C=O) groups excluding carboxylic acids is 1. The molecular formula is C23H32N4O3S. The number of hydrogen-bond donors (Lipinski definition) is 3. The SMILES string of the molecule is Cc1cccnc1-c1sc([C@@H](C)N(C(=O)[C@H]2CNCCO2)C2CC2)cc1CCCNO. The van der Waals surface area contributed by atoms with Crippen LogP contribution in [-0.2, 0) is 16.0 Å². The molecular weight excluding hydrogens is 412 g/mol. The molecule has 3 heterocycles. The van der Waals surface area contributed by atoms with Crippen molar-refractivity contribution in [3.63, 3.8) is 0 Å². The first-order valence-electron chi connectivity index (χ1n) is 11.2. The molecule has 1 aliphatic heterocycles. The second-order valence-electron chi connectivity index (χ2n) is 8.40. The molecule has 2 atom stereocenters. The Bertz CT molecular complexity index is 893. The van der Waals surface area contributed by atoms with E-state index in [0.717, 1.165) is 48.4 Å². The standard InChI is InChI=1S/C23H32N4O3S/c1-15-5-3-9-25-21(15)22-17(6-4-10-26-29)13-20(31-22)16(2)27(18-7-8-18)23(28)19-14-24-11-12-30-19/h3,5,9,13,16,18-19,24,26,29H,4,6-8,10-12,14H2,1-2H3/t16-,19-/m1/s1. The number of ether oxygens (including phenoxy) is 1. The molecule has 2 aromatic rings. The van der Waals surface area contributed by atoms with Gasteiger partial charge in [-0.3, -0.25) is 9.78 Å². The number of amides is 1. The summed E-state index contributed by atoms with van der Waals surface area (Å²) in [5.74, 6) is 0.0946. The highest BCUT2D eigenvalue weighted by Gasteiger charge is 2.40. The predicted molar refractivity (Wildman–Crippen MR) is 121 cm³/mol. The maximum atomic E-state index is 13.3. The molecule has 8 heteroatoms. The van der Waals surface area contributed by atoms with Gasteiger partial charge in [0.25, 0.3) is 5.91 Å². The van der Waals surface area contributed by atoms with Crippen molar-refractivity contribution >= 4 is 17.2 Å². The smallest absolute Gasteiger partial charge is 0.253 e. The van der Waals surface area contributed by atoms with Crippen molar-refractivity contribution in [2.45, 2.75) is 57.7 Å². The number of aryl methyl sites for hydroxylation is 2. The van der Waals surface area contributed by atoms with Crippen LogP contribution in [0.1, 0.15) is 48.2 Å². The van der Waals surface area contributed by atoms with Gasteiger partial charge in [0.05, 0.1) is 23.2 Å². The minimum Gasteiger partial charge on any atom is -0.366 e. The highest BCUT2D eigenvalue weighted by molar-refractivity contribution is 7.15. The second kappa shape index (κ2) is 10.2. The Morgan fingerprint density at radius 2 is 2.32 bits per heavy atom. The fourth-order valence-electron chi connectivity index (χ4n) is 4.19. The molecule has 2 fully saturated rings. The third kappa shape index (κ3) is 5.15. The monoisotopic (exact) mass is 444 g/mol. The van der Waals surface area contributed by atoms with Gasteiger partial charge in [0.15, 0.2) is 0 Å². The largest absolute Gasteiger partial charge is 0.366 e. The molecule has 31 heavy (non-hydrogen) atoms. The van der Waals surface area contributed by atoms with Crippen LogP contribution in [0.15, 0.2) is 24.4 Å². The van der Waals surface area contributed by atoms with Crippen molar-refractivity contribution in [1.29, 1.82) is 0 Å². The summed E-state index contributed by atoms with van der Waals surface area (Å²) in [7, 11) is 0. The molecule has 1 saturated carbocycles. The number of nitrogens with zero attached hydrogens (tertiary/aromatic N) is 2. The van der Waals surface area contributed by atoms with Crippen LogP contribution < -0.4 is 10.8 Å². The molecule has 2 aliphatic rings. The van der Waals surface area contributed by atoms with Gasteiger partial charge >= 0.3 is 0 Å². The summed E-state index contributed by atoms with van der Waals surface area (Å²) in [5, 5.41) is 12.2. The Kier molecular flexibility index (Phi) is 7.35. The lowest BCUT2D eigenvalue weighted by atomic mass is 10.0. The minimum absolute atomic E-state index is 0.0111. The van der Waals surface area contributed by atoms with E-state index in [9.17, 15) is 4.79 Å². The quantitative estimate of drug-likeness (QED) is 0.407. The van der Waals surface area contributed by atoms with Gasteiger partial charge in [0, 0.05) is 36.8 Å². The molecule has 2 aromatic heterocycles. The van der Waals surface area contributed by atoms with E-state index in [2.05, 4.69) is 46.7 Å². The summed E-state index contributed by atoms with van der Waals surface area (Å²) in [6, 6.07) is 6.56. The van der Waals surface area contributed by atoms with E-state index in [0.29, 0.717) is 25.7 Å². The van der Waals surface area contributed by atoms with Crippen LogP contribution in [-0.4, -0.2) is 59.4 Å². The fourth-order valence-corrected chi connectivity index (χ4v) is 5.51. The van der Waals surface area contributed by atoms with Crippen LogP contribution in [0.4, 0.5) is 0 Å². The molecule has 1 saturated heterocycles. The van der Waals surface area contributed by atoms with E-state index in [1.807, 2.05) is 12.3 Å². The van der Waals surface area contributed by atoms with Crippen LogP contribution in [0.25, 0.3) is 10.6 Å². The third-order valence-electron chi connectivity index (χ3n) is 6.01. The Labute approximate surface area is 187 Å². The number of aromatic nitrogens is 1. The Balaban J connectivity index is 1.63. The van der Waals surface area contributed by atoms with Gasteiger partial charge in [-0.15, -0.1) is 11.3 Å². The maximum absolute atomic E-state index is 13.3. The Hall–Kier alpha value is -1.84. The van der Waals surface area contributed by atoms with E-state index in [4.69, 9.17) is 9.94 Å². The topological polar surface area (TPSA) is 86.7 Å². The van der Waals surface area contributed by atoms with Crippen molar-refractivity contribution in [1.82, 2.24) is 20.7 Å². The molecule has 0 bridgehead atoms. The van der Waals surface area contributed by atoms with E-state index in [-0.39, 0.29) is 11.9 Å². The summed E-state index contributed by atoms with van der Waals surface area (Å²) in [6.45, 7) is 6.71. The number of thiophene rings is 1. The zero-order chi connectivity index (χ0) is 21.8. The van der Waals surface area contributed by atoms with Gasteiger partial charge < -0.3 is 20.2 Å². The molecule has 0 spiro atoms. The van der Waals surface area contributed by atoms with E-state index < -0.39 is 6.10 Å². The van der Waals surface area contributed by atoms with Crippen LogP contribution in [0, 0.1) is 6.92 Å². The average Bonchev–Trinajstić information content (AvgIpc) is 3.53. The molecule has 0 aromatic carbocycles. The highest BCUT2D eigenvalue weighted by atomic mass is 32.1. The summed E-state index contributed by atoms with van der Waals surface area (Å²) >= 11 is 1.73. The van der Waals surface area contributed by atoms with Crippen LogP contribution in [0.3, 0.4) is 0 Å². The number of carbonyl (C=O) groups is 1. The first-order valence-corrected chi connectivity index (χ1v) is 12.0. The van der Waals surface area contributed by atoms with Crippen molar-refractivity contribution in [2.75, 3.05) is 26.2 Å². The van der Waals surface area contributed by atoms with Crippen molar-refractivity contribution in [3.05, 3.63) is 40.4 Å². The molecule has 7 nitrogen and oxygen atoms in total. The van der Waals surface area contributed by atoms with E-state index in [1.165, 1.54) is 10.4 Å². The number of hydroxylamine groups is 1. The Morgan fingerprint density at radius 3 is 3.00 bits per heavy atom. The van der Waals surface area contributed by atoms with E-state index >= 15 is 0 Å². The zero-order valence-corrected chi connectivity index (χ0v) is 19.1. The van der Waals surface area contributed by atoms with Crippen molar-refractivity contribution < 1.29 is 14.7 Å². The van der Waals surface area contributed by atoms with Crippen LogP contribution >= 0.6 is 11.3 Å². The van der Waals surface area contributed by atoms with Gasteiger partial charge in [0.1, 0.15) is 6.10 Å². The second-order valence-corrected chi connectivity index (χ2v) is 9.48. The van der Waals surface area contributed by atoms with Crippen LogP contribution in [0.5, 0.6) is 0 Å². The van der Waals surface area contributed by atoms with Gasteiger partial charge in [-0.25, -0.2) is 5.48 Å². The lowest BCUT2D eigenvalue weighted by Crippen LogP contribution is -2.50. The lowest BCUT2D eigenvalue weighted by Gasteiger charge is -2.33. The average molecular weight is 445 g/mol. The summed E-state index contributed by atoms with van der Waals surface area (Å²) in [5.41, 5.74) is 5.61. The molecule has 3 N–H and O–H groups in total. The summed E-state index contributed by atoms with van der Waals surface area (Å²) in [6.07, 6.45) is 5.22. The molecule has 1 aliphatic carbocycles. The molecule has 0 radical (unpaired) electrons. The normalized spacial score (nSPS) is 19.9.